The highest BCUT2D eigenvalue weighted by Crippen LogP contribution is 2.30. The Labute approximate surface area is 201 Å². The number of benzene rings is 1. The van der Waals surface area contributed by atoms with E-state index in [1.807, 2.05) is 27.7 Å². The first kappa shape index (κ1) is 33.2. The lowest BCUT2D eigenvalue weighted by molar-refractivity contribution is -0.193. The van der Waals surface area contributed by atoms with Crippen LogP contribution >= 0.6 is 0 Å². The maximum absolute atomic E-state index is 12.6. The summed E-state index contributed by atoms with van der Waals surface area (Å²) >= 11 is 0. The average Bonchev–Trinajstić information content (AvgIpc) is 2.72. The van der Waals surface area contributed by atoms with E-state index in [9.17, 15) is 53.9 Å². The van der Waals surface area contributed by atoms with Gasteiger partial charge in [0.2, 0.25) is 5.91 Å². The second-order valence-corrected chi connectivity index (χ2v) is 8.06. The molecule has 0 fully saturated rings. The summed E-state index contributed by atoms with van der Waals surface area (Å²) in [6.07, 6.45) is -15.9. The Bertz CT molecular complexity index is 839. The van der Waals surface area contributed by atoms with E-state index in [4.69, 9.17) is 0 Å². The Hall–Kier alpha value is -2.84. The van der Waals surface area contributed by atoms with Gasteiger partial charge in [-0.15, -0.1) is 0 Å². The highest BCUT2D eigenvalue weighted by Gasteiger charge is 2.54. The lowest BCUT2D eigenvalue weighted by Crippen LogP contribution is -2.43. The fourth-order valence-electron chi connectivity index (χ4n) is 2.26. The molecule has 15 heteroatoms. The fraction of sp³-hybridized carbons (Fsp3) is 0.571. The number of carbonyl (C=O) groups is 3. The Balaban J connectivity index is 0.000000860. The van der Waals surface area contributed by atoms with Gasteiger partial charge in [-0.1, -0.05) is 27.7 Å². The molecular weight excluding hydrogens is 513 g/mol. The molecule has 1 aromatic rings. The van der Waals surface area contributed by atoms with Crippen molar-refractivity contribution in [3.8, 4) is 0 Å². The topological polar surface area (TPSA) is 87.3 Å². The number of nitrogens with one attached hydrogen (secondary N) is 3. The van der Waals surface area contributed by atoms with Crippen LogP contribution in [-0.4, -0.2) is 55.0 Å². The predicted molar refractivity (Wildman–Crippen MR) is 112 cm³/mol. The zero-order chi connectivity index (χ0) is 28.5. The second kappa shape index (κ2) is 13.5. The molecule has 0 aliphatic carbocycles. The van der Waals surface area contributed by atoms with Crippen molar-refractivity contribution >= 4 is 23.2 Å². The van der Waals surface area contributed by atoms with Crippen molar-refractivity contribution in [1.29, 1.82) is 0 Å². The van der Waals surface area contributed by atoms with Crippen LogP contribution in [0.4, 0.5) is 45.2 Å². The largest absolute Gasteiger partial charge is 0.458 e. The van der Waals surface area contributed by atoms with Crippen LogP contribution in [0.1, 0.15) is 33.3 Å². The van der Waals surface area contributed by atoms with E-state index in [1.165, 1.54) is 12.1 Å². The van der Waals surface area contributed by atoms with Crippen molar-refractivity contribution in [3.63, 3.8) is 0 Å². The smallest absolute Gasteiger partial charge is 0.380 e. The third kappa shape index (κ3) is 12.7. The van der Waals surface area contributed by atoms with E-state index in [0.717, 1.165) is 12.1 Å². The number of alkyl halides is 9. The third-order valence-electron chi connectivity index (χ3n) is 4.28. The summed E-state index contributed by atoms with van der Waals surface area (Å²) in [4.78, 5) is 31.0. The predicted octanol–water partition coefficient (Wildman–Crippen LogP) is 4.51. The standard InChI is InChI=1S/C17H26F3N3O.C4F6O2/c1-11(2)15(9-22-16(24)10-21-12(3)4)23-14-7-5-13(6-8-14)17(18,19)20;5-3(6,7)1(11)2(12)4(8,9)10/h5-8,11-12,15,21,23H,9-10H2,1-4H3,(H,22,24);/t15-;/m0./s1. The van der Waals surface area contributed by atoms with Gasteiger partial charge in [-0.25, -0.2) is 0 Å². The zero-order valence-electron chi connectivity index (χ0n) is 19.6. The quantitative estimate of drug-likeness (QED) is 0.318. The number of halogens is 9. The minimum absolute atomic E-state index is 0.0789. The molecule has 6 nitrogen and oxygen atoms in total. The minimum Gasteiger partial charge on any atom is -0.380 e. The second-order valence-electron chi connectivity index (χ2n) is 8.06. The van der Waals surface area contributed by atoms with Gasteiger partial charge in [0.25, 0.3) is 0 Å². The Morgan fingerprint density at radius 2 is 1.22 bits per heavy atom. The number of carbonyl (C=O) groups excluding carboxylic acids is 3. The number of hydrogen-bond acceptors (Lipinski definition) is 5. The number of anilines is 1. The first-order valence-corrected chi connectivity index (χ1v) is 10.3. The molecule has 0 heterocycles. The van der Waals surface area contributed by atoms with Crippen LogP contribution in [0.5, 0.6) is 0 Å². The highest BCUT2D eigenvalue weighted by molar-refractivity contribution is 6.41. The van der Waals surface area contributed by atoms with Crippen LogP contribution in [0.2, 0.25) is 0 Å². The van der Waals surface area contributed by atoms with Crippen molar-refractivity contribution in [2.45, 2.75) is 58.3 Å². The summed E-state index contributed by atoms with van der Waals surface area (Å²) in [5.74, 6) is -6.72. The molecule has 0 aliphatic heterocycles. The van der Waals surface area contributed by atoms with Gasteiger partial charge in [-0.3, -0.25) is 14.4 Å². The van der Waals surface area contributed by atoms with Crippen molar-refractivity contribution in [1.82, 2.24) is 10.6 Å². The molecule has 0 aromatic heterocycles. The van der Waals surface area contributed by atoms with Gasteiger partial charge >= 0.3 is 30.1 Å². The normalized spacial score (nSPS) is 13.1. The van der Waals surface area contributed by atoms with Gasteiger partial charge in [0.1, 0.15) is 0 Å². The molecule has 1 atom stereocenters. The summed E-state index contributed by atoms with van der Waals surface area (Å²) in [6.45, 7) is 8.52. The Morgan fingerprint density at radius 1 is 0.778 bits per heavy atom. The molecule has 206 valence electrons. The number of ketones is 2. The molecular formula is C21H26F9N3O3. The molecule has 0 saturated heterocycles. The Morgan fingerprint density at radius 3 is 1.56 bits per heavy atom. The van der Waals surface area contributed by atoms with Crippen LogP contribution in [0.25, 0.3) is 0 Å². The molecule has 0 spiro atoms. The van der Waals surface area contributed by atoms with Gasteiger partial charge < -0.3 is 16.0 Å². The van der Waals surface area contributed by atoms with Crippen LogP contribution < -0.4 is 16.0 Å². The number of rotatable bonds is 9. The Kier molecular flexibility index (Phi) is 12.4. The van der Waals surface area contributed by atoms with Gasteiger partial charge in [0.15, 0.2) is 0 Å². The molecule has 1 amide bonds. The van der Waals surface area contributed by atoms with Crippen LogP contribution in [0.3, 0.4) is 0 Å². The molecule has 1 aromatic carbocycles. The summed E-state index contributed by atoms with van der Waals surface area (Å²) in [6, 6.07) is 5.04. The molecule has 0 radical (unpaired) electrons. The number of amides is 1. The third-order valence-corrected chi connectivity index (χ3v) is 4.28. The molecule has 0 unspecified atom stereocenters. The van der Waals surface area contributed by atoms with E-state index in [0.29, 0.717) is 12.2 Å². The van der Waals surface area contributed by atoms with E-state index in [2.05, 4.69) is 16.0 Å². The van der Waals surface area contributed by atoms with Crippen LogP contribution in [-0.2, 0) is 20.6 Å². The molecule has 0 bridgehead atoms. The summed E-state index contributed by atoms with van der Waals surface area (Å²) in [5, 5.41) is 9.04. The lowest BCUT2D eigenvalue weighted by Gasteiger charge is -2.24. The molecule has 0 saturated carbocycles. The van der Waals surface area contributed by atoms with Gasteiger partial charge in [0.05, 0.1) is 12.1 Å². The van der Waals surface area contributed by atoms with Crippen molar-refractivity contribution in [3.05, 3.63) is 29.8 Å². The summed E-state index contributed by atoms with van der Waals surface area (Å²) in [7, 11) is 0. The average molecular weight is 539 g/mol. The number of hydrogen-bond donors (Lipinski definition) is 3. The first-order valence-electron chi connectivity index (χ1n) is 10.3. The number of Topliss-reactive ketones (excluding diaryl/α,β-unsaturated/α-hetero) is 2. The zero-order valence-corrected chi connectivity index (χ0v) is 19.6. The molecule has 0 aliphatic rings. The van der Waals surface area contributed by atoms with Crippen LogP contribution in [0, 0.1) is 5.92 Å². The maximum Gasteiger partial charge on any atom is 0.458 e. The van der Waals surface area contributed by atoms with Crippen molar-refractivity contribution < 1.29 is 53.9 Å². The van der Waals surface area contributed by atoms with E-state index in [-0.39, 0.29) is 30.5 Å². The van der Waals surface area contributed by atoms with E-state index >= 15 is 0 Å². The maximum atomic E-state index is 12.6. The van der Waals surface area contributed by atoms with E-state index in [1.54, 1.807) is 0 Å². The molecule has 36 heavy (non-hydrogen) atoms. The fourth-order valence-corrected chi connectivity index (χ4v) is 2.26. The highest BCUT2D eigenvalue weighted by atomic mass is 19.4. The van der Waals surface area contributed by atoms with Crippen LogP contribution in [0.15, 0.2) is 24.3 Å². The summed E-state index contributed by atoms with van der Waals surface area (Å²) in [5.41, 5.74) is -0.0848. The van der Waals surface area contributed by atoms with Crippen molar-refractivity contribution in [2.24, 2.45) is 5.92 Å². The molecule has 1 rings (SSSR count). The van der Waals surface area contributed by atoms with Gasteiger partial charge in [-0.2, -0.15) is 39.5 Å². The van der Waals surface area contributed by atoms with Gasteiger partial charge in [0, 0.05) is 24.3 Å². The van der Waals surface area contributed by atoms with E-state index < -0.39 is 35.7 Å². The van der Waals surface area contributed by atoms with Crippen molar-refractivity contribution in [2.75, 3.05) is 18.4 Å². The molecule has 3 N–H and O–H groups in total. The lowest BCUT2D eigenvalue weighted by atomic mass is 10.0. The summed E-state index contributed by atoms with van der Waals surface area (Å²) < 4.78 is 105. The monoisotopic (exact) mass is 539 g/mol. The first-order chi connectivity index (χ1) is 16.2. The SMILES string of the molecule is CC(C)NCC(=O)NC[C@H](Nc1ccc(C(F)(F)F)cc1)C(C)C.O=C(C(=O)C(F)(F)F)C(F)(F)F. The van der Waals surface area contributed by atoms with Gasteiger partial charge in [-0.05, 0) is 30.2 Å². The minimum atomic E-state index is -5.77.